The van der Waals surface area contributed by atoms with Crippen LogP contribution in [0.15, 0.2) is 44.9 Å². The van der Waals surface area contributed by atoms with Crippen LogP contribution in [-0.2, 0) is 18.9 Å². The van der Waals surface area contributed by atoms with Gasteiger partial charge < -0.3 is 14.8 Å². The first-order valence-corrected chi connectivity index (χ1v) is 9.31. The molecule has 0 saturated heterocycles. The molecule has 0 saturated carbocycles. The minimum Gasteiger partial charge on any atom is -0.454 e. The molecule has 1 aromatic carbocycles. The van der Waals surface area contributed by atoms with Crippen LogP contribution in [0.3, 0.4) is 0 Å². The highest BCUT2D eigenvalue weighted by molar-refractivity contribution is 8.00. The second kappa shape index (κ2) is 7.04. The molecule has 0 atom stereocenters. The van der Waals surface area contributed by atoms with Crippen LogP contribution in [0.1, 0.15) is 0 Å². The number of ether oxygens (including phenoxy) is 2. The summed E-state index contributed by atoms with van der Waals surface area (Å²) in [5.74, 6) is 1.06. The predicted molar refractivity (Wildman–Crippen MR) is 104 cm³/mol. The predicted octanol–water partition coefficient (Wildman–Crippen LogP) is 1.09. The second-order valence-corrected chi connectivity index (χ2v) is 7.14. The van der Waals surface area contributed by atoms with E-state index >= 15 is 0 Å². The third-order valence-electron chi connectivity index (χ3n) is 4.32. The lowest BCUT2D eigenvalue weighted by Crippen LogP contribution is -2.37. The first-order valence-electron chi connectivity index (χ1n) is 8.33. The number of aryl methyl sites for hydroxylation is 1. The molecule has 1 N–H and O–H groups in total. The molecule has 28 heavy (non-hydrogen) atoms. The molecule has 9 nitrogen and oxygen atoms in total. The van der Waals surface area contributed by atoms with Crippen molar-refractivity contribution in [1.29, 1.82) is 0 Å². The molecule has 3 aromatic rings. The van der Waals surface area contributed by atoms with E-state index in [0.29, 0.717) is 27.5 Å². The van der Waals surface area contributed by atoms with Gasteiger partial charge in [-0.1, -0.05) is 0 Å². The number of hydrogen-bond donors (Lipinski definition) is 1. The van der Waals surface area contributed by atoms with Crippen molar-refractivity contribution < 1.29 is 14.3 Å². The number of fused-ring (bicyclic) bond motifs is 2. The summed E-state index contributed by atoms with van der Waals surface area (Å²) in [7, 11) is 2.97. The van der Waals surface area contributed by atoms with Crippen LogP contribution in [0.2, 0.25) is 0 Å². The summed E-state index contributed by atoms with van der Waals surface area (Å²) in [5.41, 5.74) is -0.0143. The smallest absolute Gasteiger partial charge is 0.332 e. The molecule has 0 spiro atoms. The molecule has 4 rings (SSSR count). The monoisotopic (exact) mass is 400 g/mol. The first kappa shape index (κ1) is 18.1. The molecule has 10 heteroatoms. The highest BCUT2D eigenvalue weighted by atomic mass is 32.2. The van der Waals surface area contributed by atoms with Crippen LogP contribution in [0.25, 0.3) is 11.0 Å². The summed E-state index contributed by atoms with van der Waals surface area (Å²) in [6.45, 7) is 0.162. The van der Waals surface area contributed by atoms with Gasteiger partial charge in [0.2, 0.25) is 12.7 Å². The largest absolute Gasteiger partial charge is 0.454 e. The van der Waals surface area contributed by atoms with Gasteiger partial charge in [-0.25, -0.2) is 9.78 Å². The summed E-state index contributed by atoms with van der Waals surface area (Å²) >= 11 is 1.20. The molecule has 0 fully saturated rings. The molecule has 3 heterocycles. The van der Waals surface area contributed by atoms with Crippen LogP contribution >= 0.6 is 11.8 Å². The normalized spacial score (nSPS) is 12.4. The maximum absolute atomic E-state index is 12.5. The van der Waals surface area contributed by atoms with Crippen molar-refractivity contribution >= 4 is 34.4 Å². The fraction of sp³-hybridized carbons (Fsp3) is 0.222. The average molecular weight is 400 g/mol. The Kier molecular flexibility index (Phi) is 4.55. The van der Waals surface area contributed by atoms with Gasteiger partial charge in [0.25, 0.3) is 5.56 Å². The number of carbonyl (C=O) groups excluding carboxylic acids is 1. The molecule has 1 aliphatic heterocycles. The van der Waals surface area contributed by atoms with E-state index in [1.807, 2.05) is 0 Å². The van der Waals surface area contributed by atoms with Gasteiger partial charge in [-0.2, -0.15) is 0 Å². The van der Waals surface area contributed by atoms with Gasteiger partial charge in [-0.05, 0) is 18.2 Å². The molecule has 0 radical (unpaired) electrons. The Hall–Kier alpha value is -3.27. The zero-order chi connectivity index (χ0) is 19.8. The number of aromatic nitrogens is 3. The summed E-state index contributed by atoms with van der Waals surface area (Å²) in [6.07, 6.45) is 1.51. The molecule has 144 valence electrons. The number of rotatable bonds is 4. The molecule has 0 unspecified atom stereocenters. The lowest BCUT2D eigenvalue weighted by Gasteiger charge is -2.10. The van der Waals surface area contributed by atoms with E-state index in [1.54, 1.807) is 31.3 Å². The third kappa shape index (κ3) is 3.11. The van der Waals surface area contributed by atoms with Gasteiger partial charge in [0.05, 0.1) is 11.1 Å². The molecule has 1 aliphatic rings. The fourth-order valence-electron chi connectivity index (χ4n) is 2.89. The number of pyridine rings is 1. The van der Waals surface area contributed by atoms with E-state index in [9.17, 15) is 14.4 Å². The van der Waals surface area contributed by atoms with Crippen molar-refractivity contribution in [2.75, 3.05) is 17.9 Å². The van der Waals surface area contributed by atoms with Crippen molar-refractivity contribution in [3.8, 4) is 11.5 Å². The fourth-order valence-corrected chi connectivity index (χ4v) is 3.73. The Morgan fingerprint density at radius 3 is 2.79 bits per heavy atom. The standard InChI is InChI=1S/C18H16N4O5S/c1-21-16-15(17(24)22(2)18(21)25)13(5-6-19-16)28-8-14(23)20-10-3-4-11-12(7-10)27-9-26-11/h3-7H,8-9H2,1-2H3,(H,20,23). The van der Waals surface area contributed by atoms with Crippen molar-refractivity contribution in [2.24, 2.45) is 14.1 Å². The van der Waals surface area contributed by atoms with Gasteiger partial charge >= 0.3 is 5.69 Å². The van der Waals surface area contributed by atoms with Crippen LogP contribution in [0, 0.1) is 0 Å². The minimum atomic E-state index is -0.451. The van der Waals surface area contributed by atoms with E-state index in [4.69, 9.17) is 9.47 Å². The lowest BCUT2D eigenvalue weighted by molar-refractivity contribution is -0.113. The Morgan fingerprint density at radius 2 is 1.96 bits per heavy atom. The zero-order valence-electron chi connectivity index (χ0n) is 15.1. The number of nitrogens with one attached hydrogen (secondary N) is 1. The second-order valence-electron chi connectivity index (χ2n) is 6.12. The molecule has 1 amide bonds. The quantitative estimate of drug-likeness (QED) is 0.654. The first-order chi connectivity index (χ1) is 13.5. The summed E-state index contributed by atoms with van der Waals surface area (Å²) in [4.78, 5) is 41.7. The lowest BCUT2D eigenvalue weighted by atomic mass is 10.3. The zero-order valence-corrected chi connectivity index (χ0v) is 15.9. The maximum atomic E-state index is 12.5. The number of amides is 1. The van der Waals surface area contributed by atoms with Crippen molar-refractivity contribution in [3.05, 3.63) is 51.3 Å². The number of nitrogens with zero attached hydrogens (tertiary/aromatic N) is 3. The van der Waals surface area contributed by atoms with Gasteiger partial charge in [-0.15, -0.1) is 11.8 Å². The van der Waals surface area contributed by atoms with Gasteiger partial charge in [0.15, 0.2) is 11.5 Å². The Morgan fingerprint density at radius 1 is 1.18 bits per heavy atom. The van der Waals surface area contributed by atoms with Crippen molar-refractivity contribution in [1.82, 2.24) is 14.1 Å². The summed E-state index contributed by atoms with van der Waals surface area (Å²) in [6, 6.07) is 6.81. The molecule has 0 bridgehead atoms. The highest BCUT2D eigenvalue weighted by Gasteiger charge is 2.16. The topological polar surface area (TPSA) is 104 Å². The van der Waals surface area contributed by atoms with Gasteiger partial charge in [-0.3, -0.25) is 18.7 Å². The molecular formula is C18H16N4O5S. The molecule has 2 aromatic heterocycles. The van der Waals surface area contributed by atoms with Crippen LogP contribution < -0.4 is 26.0 Å². The van der Waals surface area contributed by atoms with Crippen LogP contribution in [-0.4, -0.2) is 32.6 Å². The third-order valence-corrected chi connectivity index (χ3v) is 5.38. The maximum Gasteiger partial charge on any atom is 0.332 e. The Balaban J connectivity index is 1.55. The van der Waals surface area contributed by atoms with Crippen molar-refractivity contribution in [2.45, 2.75) is 4.90 Å². The number of carbonyl (C=O) groups is 1. The van der Waals surface area contributed by atoms with E-state index in [-0.39, 0.29) is 24.1 Å². The van der Waals surface area contributed by atoms with E-state index in [1.165, 1.54) is 29.6 Å². The van der Waals surface area contributed by atoms with Gasteiger partial charge in [0.1, 0.15) is 5.65 Å². The van der Waals surface area contributed by atoms with Crippen LogP contribution in [0.5, 0.6) is 11.5 Å². The Bertz CT molecular complexity index is 1220. The van der Waals surface area contributed by atoms with Crippen molar-refractivity contribution in [3.63, 3.8) is 0 Å². The molecule has 0 aliphatic carbocycles. The summed E-state index contributed by atoms with van der Waals surface area (Å²) in [5, 5.41) is 3.10. The Labute approximate surface area is 162 Å². The minimum absolute atomic E-state index is 0.0829. The average Bonchev–Trinajstić information content (AvgIpc) is 3.16. The molecular weight excluding hydrogens is 384 g/mol. The number of benzene rings is 1. The highest BCUT2D eigenvalue weighted by Crippen LogP contribution is 2.34. The SMILES string of the molecule is Cn1c(=O)c2c(SCC(=O)Nc3ccc4c(c3)OCO4)ccnc2n(C)c1=O. The number of thioether (sulfide) groups is 1. The van der Waals surface area contributed by atoms with E-state index in [0.717, 1.165) is 4.57 Å². The number of anilines is 1. The van der Waals surface area contributed by atoms with E-state index < -0.39 is 11.2 Å². The van der Waals surface area contributed by atoms with E-state index in [2.05, 4.69) is 10.3 Å². The van der Waals surface area contributed by atoms with Gasteiger partial charge in [0, 0.05) is 36.9 Å². The number of hydrogen-bond acceptors (Lipinski definition) is 7. The summed E-state index contributed by atoms with van der Waals surface area (Å²) < 4.78 is 12.9. The van der Waals surface area contributed by atoms with Crippen LogP contribution in [0.4, 0.5) is 5.69 Å².